The fourth-order valence-corrected chi connectivity index (χ4v) is 6.05. The van der Waals surface area contributed by atoms with Gasteiger partial charge in [-0.3, -0.25) is 9.98 Å². The second-order valence-corrected chi connectivity index (χ2v) is 12.0. The molecule has 0 saturated heterocycles. The lowest BCUT2D eigenvalue weighted by Gasteiger charge is -2.34. The Morgan fingerprint density at radius 1 is 1.15 bits per heavy atom. The molecule has 34 heavy (non-hydrogen) atoms. The molecule has 1 aromatic carbocycles. The van der Waals surface area contributed by atoms with Gasteiger partial charge >= 0.3 is 0 Å². The van der Waals surface area contributed by atoms with E-state index in [1.807, 2.05) is 37.1 Å². The number of rotatable bonds is 8. The molecule has 10 heteroatoms. The van der Waals surface area contributed by atoms with Crippen LogP contribution in [-0.4, -0.2) is 85.4 Å². The molecule has 1 aromatic rings. The average molecular weight is 489 g/mol. The van der Waals surface area contributed by atoms with Crippen molar-refractivity contribution in [1.82, 2.24) is 14.1 Å². The van der Waals surface area contributed by atoms with Crippen LogP contribution in [0.25, 0.3) is 0 Å². The number of fused-ring (bicyclic) bond motifs is 1. The maximum absolute atomic E-state index is 13.2. The highest BCUT2D eigenvalue weighted by molar-refractivity contribution is 7.89. The smallest absolute Gasteiger partial charge is 0.243 e. The molecule has 0 fully saturated rings. The van der Waals surface area contributed by atoms with E-state index in [1.165, 1.54) is 4.31 Å². The van der Waals surface area contributed by atoms with E-state index in [1.54, 1.807) is 19.2 Å². The minimum Gasteiger partial charge on any atom is -0.367 e. The third-order valence-electron chi connectivity index (χ3n) is 6.73. The number of nitrogens with zero attached hydrogens (tertiary/aromatic N) is 6. The maximum Gasteiger partial charge on any atom is 0.243 e. The summed E-state index contributed by atoms with van der Waals surface area (Å²) in [5.41, 5.74) is 1.05. The molecule has 9 nitrogen and oxygen atoms in total. The molecule has 0 amide bonds. The van der Waals surface area contributed by atoms with E-state index < -0.39 is 16.3 Å². The first-order chi connectivity index (χ1) is 16.1. The molecular weight excluding hydrogens is 452 g/mol. The minimum absolute atomic E-state index is 0.109. The van der Waals surface area contributed by atoms with Gasteiger partial charge < -0.3 is 14.6 Å². The third-order valence-corrected chi connectivity index (χ3v) is 8.56. The standard InChI is InChI=1S/C24H36N6O3S/c1-16(2)13-29-19(5)27-33-23(29)15-28(6)34(31,32)21-9-7-20(8-10-21)14-30-18(4)26-22-12-25-11-17(3)24(22)30/h7-10,12,16-17,22-24H,11,13-15H2,1-6H3. The maximum atomic E-state index is 13.2. The van der Waals surface area contributed by atoms with Crippen LogP contribution in [0.15, 0.2) is 44.3 Å². The van der Waals surface area contributed by atoms with Crippen LogP contribution in [0.2, 0.25) is 0 Å². The quantitative estimate of drug-likeness (QED) is 0.561. The predicted octanol–water partition coefficient (Wildman–Crippen LogP) is 2.65. The van der Waals surface area contributed by atoms with Crippen molar-refractivity contribution in [2.45, 2.75) is 64.4 Å². The molecular formula is C24H36N6O3S. The summed E-state index contributed by atoms with van der Waals surface area (Å²) in [5.74, 6) is 2.61. The highest BCUT2D eigenvalue weighted by Gasteiger charge is 2.39. The average Bonchev–Trinajstić information content (AvgIpc) is 3.28. The number of oxime groups is 1. The van der Waals surface area contributed by atoms with E-state index in [2.05, 4.69) is 35.8 Å². The summed E-state index contributed by atoms with van der Waals surface area (Å²) in [5, 5.41) is 4.06. The summed E-state index contributed by atoms with van der Waals surface area (Å²) in [7, 11) is -2.07. The topological polar surface area (TPSA) is 90.2 Å². The number of sulfonamides is 1. The van der Waals surface area contributed by atoms with Crippen LogP contribution in [0.1, 0.15) is 40.2 Å². The van der Waals surface area contributed by atoms with Gasteiger partial charge in [0.1, 0.15) is 11.9 Å². The molecule has 3 aliphatic rings. The molecule has 0 radical (unpaired) electrons. The summed E-state index contributed by atoms with van der Waals surface area (Å²) in [6.07, 6.45) is 1.54. The Kier molecular flexibility index (Phi) is 7.00. The molecule has 3 aliphatic heterocycles. The fraction of sp³-hybridized carbons (Fsp3) is 0.625. The van der Waals surface area contributed by atoms with Gasteiger partial charge in [-0.15, -0.1) is 0 Å². The SMILES string of the molecule is CC1=NOC(CN(C)S(=O)(=O)c2ccc(CN3C(C)=NC4C=NCC(C)C43)cc2)N1CC(C)C. The van der Waals surface area contributed by atoms with E-state index in [-0.39, 0.29) is 17.5 Å². The van der Waals surface area contributed by atoms with Gasteiger partial charge in [0, 0.05) is 32.9 Å². The summed E-state index contributed by atoms with van der Waals surface area (Å²) in [4.78, 5) is 19.3. The lowest BCUT2D eigenvalue weighted by molar-refractivity contribution is -0.00181. The number of likely N-dealkylation sites (N-methyl/N-ethyl adjacent to an activating group) is 1. The Balaban J connectivity index is 1.43. The Labute approximate surface area is 203 Å². The largest absolute Gasteiger partial charge is 0.367 e. The first-order valence-electron chi connectivity index (χ1n) is 11.9. The fourth-order valence-electron chi connectivity index (χ4n) is 4.89. The molecule has 0 spiro atoms. The van der Waals surface area contributed by atoms with Gasteiger partial charge in [0.15, 0.2) is 0 Å². The number of amidine groups is 2. The summed E-state index contributed by atoms with van der Waals surface area (Å²) in [6.45, 7) is 12.8. The first kappa shape index (κ1) is 24.7. The van der Waals surface area contributed by atoms with E-state index in [4.69, 9.17) is 9.83 Å². The van der Waals surface area contributed by atoms with Gasteiger partial charge in [-0.2, -0.15) is 4.31 Å². The zero-order chi connectivity index (χ0) is 24.6. The minimum atomic E-state index is -3.66. The van der Waals surface area contributed by atoms with Crippen LogP contribution in [0.5, 0.6) is 0 Å². The molecule has 0 saturated carbocycles. The van der Waals surface area contributed by atoms with E-state index in [9.17, 15) is 8.42 Å². The number of benzene rings is 1. The Morgan fingerprint density at radius 2 is 1.85 bits per heavy atom. The predicted molar refractivity (Wildman–Crippen MR) is 135 cm³/mol. The molecule has 186 valence electrons. The molecule has 0 aliphatic carbocycles. The molecule has 0 aromatic heterocycles. The van der Waals surface area contributed by atoms with Gasteiger partial charge in [-0.25, -0.2) is 8.42 Å². The van der Waals surface area contributed by atoms with Gasteiger partial charge in [0.05, 0.1) is 23.3 Å². The number of hydrogen-bond donors (Lipinski definition) is 0. The lowest BCUT2D eigenvalue weighted by Crippen LogP contribution is -2.46. The van der Waals surface area contributed by atoms with E-state index >= 15 is 0 Å². The van der Waals surface area contributed by atoms with Crippen LogP contribution in [-0.2, 0) is 21.4 Å². The van der Waals surface area contributed by atoms with Crippen molar-refractivity contribution in [3.05, 3.63) is 29.8 Å². The van der Waals surface area contributed by atoms with Gasteiger partial charge in [0.2, 0.25) is 16.3 Å². The number of hydrogen-bond acceptors (Lipinski definition) is 8. The Hall–Kier alpha value is -2.46. The van der Waals surface area contributed by atoms with Crippen LogP contribution in [0.4, 0.5) is 0 Å². The van der Waals surface area contributed by atoms with Crippen molar-refractivity contribution in [2.75, 3.05) is 26.7 Å². The lowest BCUT2D eigenvalue weighted by atomic mass is 9.92. The monoisotopic (exact) mass is 488 g/mol. The van der Waals surface area contributed by atoms with Gasteiger partial charge in [-0.05, 0) is 43.4 Å². The van der Waals surface area contributed by atoms with Crippen LogP contribution in [0, 0.1) is 11.8 Å². The number of aliphatic imine (C=N–C) groups is 2. The normalized spacial score (nSPS) is 26.7. The second kappa shape index (κ2) is 9.65. The van der Waals surface area contributed by atoms with Crippen LogP contribution in [0.3, 0.4) is 0 Å². The van der Waals surface area contributed by atoms with Crippen molar-refractivity contribution >= 4 is 27.9 Å². The van der Waals surface area contributed by atoms with Gasteiger partial charge in [0.25, 0.3) is 0 Å². The van der Waals surface area contributed by atoms with Crippen molar-refractivity contribution < 1.29 is 13.3 Å². The van der Waals surface area contributed by atoms with E-state index in [0.717, 1.165) is 30.3 Å². The highest BCUT2D eigenvalue weighted by atomic mass is 32.2. The van der Waals surface area contributed by atoms with Crippen LogP contribution < -0.4 is 0 Å². The zero-order valence-electron chi connectivity index (χ0n) is 20.9. The van der Waals surface area contributed by atoms with Crippen molar-refractivity contribution in [3.8, 4) is 0 Å². The van der Waals surface area contributed by atoms with Crippen molar-refractivity contribution in [2.24, 2.45) is 27.0 Å². The molecule has 4 rings (SSSR count). The Morgan fingerprint density at radius 3 is 2.53 bits per heavy atom. The molecule has 0 bridgehead atoms. The summed E-state index contributed by atoms with van der Waals surface area (Å²) < 4.78 is 27.8. The summed E-state index contributed by atoms with van der Waals surface area (Å²) >= 11 is 0. The van der Waals surface area contributed by atoms with E-state index in [0.29, 0.717) is 24.4 Å². The molecule has 4 unspecified atom stereocenters. The summed E-state index contributed by atoms with van der Waals surface area (Å²) in [6, 6.07) is 7.59. The zero-order valence-corrected chi connectivity index (χ0v) is 21.7. The molecule has 3 heterocycles. The first-order valence-corrected chi connectivity index (χ1v) is 13.3. The molecule has 0 N–H and O–H groups in total. The third kappa shape index (κ3) is 4.84. The Bertz CT molecular complexity index is 1080. The van der Waals surface area contributed by atoms with Gasteiger partial charge in [-0.1, -0.05) is 38.1 Å². The van der Waals surface area contributed by atoms with Crippen LogP contribution >= 0.6 is 0 Å². The molecule has 4 atom stereocenters. The second-order valence-electron chi connectivity index (χ2n) is 9.95. The highest BCUT2D eigenvalue weighted by Crippen LogP contribution is 2.29. The van der Waals surface area contributed by atoms with Crippen molar-refractivity contribution in [3.63, 3.8) is 0 Å². The van der Waals surface area contributed by atoms with Crippen molar-refractivity contribution in [1.29, 1.82) is 0 Å².